The van der Waals surface area contributed by atoms with E-state index in [0.717, 1.165) is 17.8 Å². The van der Waals surface area contributed by atoms with Crippen LogP contribution in [0.1, 0.15) is 41.0 Å². The maximum atomic E-state index is 13.4. The zero-order chi connectivity index (χ0) is 16.1. The molecule has 4 atom stereocenters. The molecule has 2 nitrogen and oxygen atoms in total. The van der Waals surface area contributed by atoms with Crippen LogP contribution in [0.3, 0.4) is 0 Å². The van der Waals surface area contributed by atoms with Crippen LogP contribution in [-0.4, -0.2) is 53.0 Å². The van der Waals surface area contributed by atoms with Crippen LogP contribution in [0.2, 0.25) is 0 Å². The van der Waals surface area contributed by atoms with Crippen LogP contribution >= 0.6 is 0 Å². The quantitative estimate of drug-likeness (QED) is 0.789. The molecule has 0 aromatic carbocycles. The highest BCUT2D eigenvalue weighted by Crippen LogP contribution is 2.62. The van der Waals surface area contributed by atoms with Gasteiger partial charge < -0.3 is 0 Å². The Labute approximate surface area is 133 Å². The van der Waals surface area contributed by atoms with Gasteiger partial charge in [0.2, 0.25) is 0 Å². The van der Waals surface area contributed by atoms with Crippen molar-refractivity contribution in [3.05, 3.63) is 0 Å². The van der Waals surface area contributed by atoms with Crippen molar-refractivity contribution in [2.75, 3.05) is 26.2 Å². The van der Waals surface area contributed by atoms with E-state index in [2.05, 4.69) is 44.4 Å². The molecule has 0 bridgehead atoms. The average molecular weight is 312 g/mol. The lowest BCUT2D eigenvalue weighted by atomic mass is 9.92. The summed E-state index contributed by atoms with van der Waals surface area (Å²) in [6, 6.07) is 0. The lowest BCUT2D eigenvalue weighted by Crippen LogP contribution is -2.46. The van der Waals surface area contributed by atoms with Crippen LogP contribution in [0.4, 0.5) is 8.78 Å². The number of halogens is 2. The van der Waals surface area contributed by atoms with E-state index >= 15 is 0 Å². The van der Waals surface area contributed by atoms with Gasteiger partial charge in [-0.1, -0.05) is 0 Å². The number of likely N-dealkylation sites (tertiary alicyclic amines) is 2. The number of hydrogen-bond donors (Lipinski definition) is 0. The van der Waals surface area contributed by atoms with E-state index in [-0.39, 0.29) is 22.9 Å². The van der Waals surface area contributed by atoms with Gasteiger partial charge in [-0.3, -0.25) is 9.80 Å². The van der Waals surface area contributed by atoms with Crippen molar-refractivity contribution < 1.29 is 8.78 Å². The van der Waals surface area contributed by atoms with Crippen LogP contribution in [0.5, 0.6) is 0 Å². The fourth-order valence-electron chi connectivity index (χ4n) is 5.21. The molecule has 0 spiro atoms. The molecule has 4 unspecified atom stereocenters. The molecule has 0 amide bonds. The number of nitrogens with zero attached hydrogens (tertiary/aromatic N) is 2. The number of hydrogen-bond acceptors (Lipinski definition) is 2. The van der Waals surface area contributed by atoms with Crippen molar-refractivity contribution in [1.29, 1.82) is 0 Å². The molecule has 0 N–H and O–H groups in total. The Balaban J connectivity index is 1.31. The highest BCUT2D eigenvalue weighted by Gasteiger charge is 2.72. The highest BCUT2D eigenvalue weighted by molar-refractivity contribution is 5.15. The Morgan fingerprint density at radius 3 is 1.82 bits per heavy atom. The van der Waals surface area contributed by atoms with Crippen molar-refractivity contribution in [2.24, 2.45) is 29.6 Å². The first-order valence-electron chi connectivity index (χ1n) is 8.90. The molecule has 4 fully saturated rings. The Morgan fingerprint density at radius 1 is 0.864 bits per heavy atom. The summed E-state index contributed by atoms with van der Waals surface area (Å²) in [6.45, 7) is 15.1. The summed E-state index contributed by atoms with van der Waals surface area (Å²) in [6.07, 6.45) is 1.19. The van der Waals surface area contributed by atoms with E-state index < -0.39 is 5.92 Å². The van der Waals surface area contributed by atoms with Gasteiger partial charge in [-0.05, 0) is 58.8 Å². The largest absolute Gasteiger partial charge is 0.298 e. The van der Waals surface area contributed by atoms with Gasteiger partial charge in [0.15, 0.2) is 0 Å². The third kappa shape index (κ3) is 2.16. The van der Waals surface area contributed by atoms with E-state index in [0.29, 0.717) is 13.1 Å². The summed E-state index contributed by atoms with van der Waals surface area (Å²) in [4.78, 5) is 4.95. The molecular weight excluding hydrogens is 282 g/mol. The fourth-order valence-corrected chi connectivity index (χ4v) is 5.21. The fraction of sp³-hybridized carbons (Fsp3) is 1.00. The predicted octanol–water partition coefficient (Wildman–Crippen LogP) is 3.33. The van der Waals surface area contributed by atoms with Crippen LogP contribution in [0, 0.1) is 29.6 Å². The highest BCUT2D eigenvalue weighted by atomic mass is 19.3. The molecule has 4 aliphatic rings. The monoisotopic (exact) mass is 312 g/mol. The van der Waals surface area contributed by atoms with E-state index in [4.69, 9.17) is 0 Å². The second-order valence-corrected chi connectivity index (χ2v) is 9.88. The number of piperidine rings is 2. The zero-order valence-corrected chi connectivity index (χ0v) is 14.6. The van der Waals surface area contributed by atoms with Crippen molar-refractivity contribution in [2.45, 2.75) is 58.0 Å². The summed E-state index contributed by atoms with van der Waals surface area (Å²) in [5.41, 5.74) is 0.375. The second kappa shape index (κ2) is 4.24. The maximum Gasteiger partial charge on any atom is 0.257 e. The molecular formula is C18H30F2N2. The smallest absolute Gasteiger partial charge is 0.257 e. The topological polar surface area (TPSA) is 6.48 Å². The molecule has 0 aromatic rings. The Morgan fingerprint density at radius 2 is 1.36 bits per heavy atom. The predicted molar refractivity (Wildman–Crippen MR) is 84.0 cm³/mol. The first-order valence-corrected chi connectivity index (χ1v) is 8.90. The number of alkyl halides is 2. The molecule has 0 aromatic heterocycles. The summed E-state index contributed by atoms with van der Waals surface area (Å²) in [5, 5.41) is 0. The standard InChI is InChI=1S/C18H30F2N2/c1-16(2,3)21-7-12-11(13(12)8-21)6-17(4,5)22-9-14-15(10-22)18(14,19)20/h11-15H,6-10H2,1-5H3. The molecule has 4 heteroatoms. The molecule has 2 saturated heterocycles. The van der Waals surface area contributed by atoms with E-state index in [1.54, 1.807) is 0 Å². The normalized spacial score (nSPS) is 44.0. The molecule has 4 rings (SSSR count). The van der Waals surface area contributed by atoms with Gasteiger partial charge in [0, 0.05) is 49.1 Å². The van der Waals surface area contributed by atoms with Gasteiger partial charge in [0.05, 0.1) is 0 Å². The van der Waals surface area contributed by atoms with Gasteiger partial charge in [-0.25, -0.2) is 8.78 Å². The third-order valence-corrected chi connectivity index (χ3v) is 7.11. The second-order valence-electron chi connectivity index (χ2n) is 9.88. The zero-order valence-electron chi connectivity index (χ0n) is 14.6. The first-order chi connectivity index (χ1) is 10.0. The van der Waals surface area contributed by atoms with Crippen molar-refractivity contribution in [3.8, 4) is 0 Å². The number of rotatable bonds is 3. The molecule has 0 radical (unpaired) electrons. The van der Waals surface area contributed by atoms with Crippen molar-refractivity contribution >= 4 is 0 Å². The minimum Gasteiger partial charge on any atom is -0.298 e. The van der Waals surface area contributed by atoms with E-state index in [9.17, 15) is 8.78 Å². The van der Waals surface area contributed by atoms with Crippen LogP contribution in [0.15, 0.2) is 0 Å². The molecule has 2 saturated carbocycles. The lowest BCUT2D eigenvalue weighted by molar-refractivity contribution is 0.0217. The molecule has 2 heterocycles. The van der Waals surface area contributed by atoms with Crippen LogP contribution in [0.25, 0.3) is 0 Å². The van der Waals surface area contributed by atoms with Gasteiger partial charge >= 0.3 is 0 Å². The van der Waals surface area contributed by atoms with Crippen LogP contribution < -0.4 is 0 Å². The Kier molecular flexibility index (Phi) is 2.95. The van der Waals surface area contributed by atoms with E-state index in [1.807, 2.05) is 0 Å². The van der Waals surface area contributed by atoms with Gasteiger partial charge in [0.25, 0.3) is 5.92 Å². The first kappa shape index (κ1) is 15.3. The van der Waals surface area contributed by atoms with Crippen molar-refractivity contribution in [1.82, 2.24) is 9.80 Å². The van der Waals surface area contributed by atoms with Gasteiger partial charge in [-0.15, -0.1) is 0 Å². The Hall–Kier alpha value is -0.220. The molecule has 2 aliphatic carbocycles. The lowest BCUT2D eigenvalue weighted by Gasteiger charge is -2.39. The third-order valence-electron chi connectivity index (χ3n) is 7.11. The summed E-state index contributed by atoms with van der Waals surface area (Å²) in [7, 11) is 0. The molecule has 22 heavy (non-hydrogen) atoms. The van der Waals surface area contributed by atoms with Crippen LogP contribution in [-0.2, 0) is 0 Å². The summed E-state index contributed by atoms with van der Waals surface area (Å²) >= 11 is 0. The average Bonchev–Trinajstić information content (AvgIpc) is 3.01. The minimum absolute atomic E-state index is 0.0884. The van der Waals surface area contributed by atoms with Gasteiger partial charge in [-0.2, -0.15) is 0 Å². The number of fused-ring (bicyclic) bond motifs is 2. The summed E-state index contributed by atoms with van der Waals surface area (Å²) < 4.78 is 26.8. The van der Waals surface area contributed by atoms with Gasteiger partial charge in [0.1, 0.15) is 0 Å². The minimum atomic E-state index is -2.35. The van der Waals surface area contributed by atoms with E-state index in [1.165, 1.54) is 19.5 Å². The summed E-state index contributed by atoms with van der Waals surface area (Å²) in [5.74, 6) is -0.500. The maximum absolute atomic E-state index is 13.4. The Bertz CT molecular complexity index is 456. The van der Waals surface area contributed by atoms with Crippen molar-refractivity contribution in [3.63, 3.8) is 0 Å². The SMILES string of the molecule is CC(C)(C)N1CC2C(C1)C2CC(C)(C)N1CC2C(C1)C2(F)F. The molecule has 126 valence electrons. The molecule has 2 aliphatic heterocycles.